The lowest BCUT2D eigenvalue weighted by Gasteiger charge is -2.56. The number of nitriles is 1. The summed E-state index contributed by atoms with van der Waals surface area (Å²) in [6.45, 7) is 4.09. The van der Waals surface area contributed by atoms with Crippen LogP contribution in [0.4, 0.5) is 0 Å². The van der Waals surface area contributed by atoms with E-state index in [1.807, 2.05) is 134 Å². The number of carbonyl (C=O) groups is 1. The molecule has 0 spiro atoms. The first-order valence-corrected chi connectivity index (χ1v) is 18.6. The molecular formula is C48H38BrNO2. The molecule has 8 rings (SSSR count). The molecule has 254 valence electrons. The average Bonchev–Trinajstić information content (AvgIpc) is 3.18. The van der Waals surface area contributed by atoms with Crippen LogP contribution in [0.15, 0.2) is 162 Å². The number of carbonyl (C=O) groups excluding carboxylic acids is 1. The smallest absolute Gasteiger partial charge is 0.169 e. The average molecular weight is 741 g/mol. The van der Waals surface area contributed by atoms with E-state index in [4.69, 9.17) is 0 Å². The molecule has 1 fully saturated rings. The number of rotatable bonds is 6. The van der Waals surface area contributed by atoms with Crippen LogP contribution in [0.2, 0.25) is 0 Å². The monoisotopic (exact) mass is 739 g/mol. The maximum absolute atomic E-state index is 15.6. The Labute approximate surface area is 313 Å². The number of benzene rings is 7. The van der Waals surface area contributed by atoms with Gasteiger partial charge in [0.15, 0.2) is 5.78 Å². The van der Waals surface area contributed by atoms with Gasteiger partial charge in [0.25, 0.3) is 0 Å². The molecule has 1 aliphatic rings. The summed E-state index contributed by atoms with van der Waals surface area (Å²) in [5, 5.41) is 29.6. The number of Topliss-reactive ketones (excluding diaryl/α,β-unsaturated/α-hetero) is 1. The molecule has 0 heterocycles. The highest BCUT2D eigenvalue weighted by atomic mass is 79.9. The van der Waals surface area contributed by atoms with Gasteiger partial charge in [-0.05, 0) is 88.3 Å². The highest BCUT2D eigenvalue weighted by Crippen LogP contribution is 2.64. The third-order valence-electron chi connectivity index (χ3n) is 11.4. The maximum Gasteiger partial charge on any atom is 0.169 e. The lowest BCUT2D eigenvalue weighted by Crippen LogP contribution is -2.58. The van der Waals surface area contributed by atoms with Gasteiger partial charge in [-0.3, -0.25) is 4.79 Å². The van der Waals surface area contributed by atoms with E-state index >= 15 is 4.79 Å². The Kier molecular flexibility index (Phi) is 8.66. The molecule has 0 saturated heterocycles. The topological polar surface area (TPSA) is 61.1 Å². The summed E-state index contributed by atoms with van der Waals surface area (Å²) in [6, 6.07) is 55.2. The number of hydrogen-bond donors (Lipinski definition) is 1. The van der Waals surface area contributed by atoms with Gasteiger partial charge in [-0.15, -0.1) is 0 Å². The van der Waals surface area contributed by atoms with E-state index in [0.717, 1.165) is 53.8 Å². The number of nitrogens with zero attached hydrogens (tertiary/aromatic N) is 1. The van der Waals surface area contributed by atoms with Crippen molar-refractivity contribution in [3.8, 4) is 6.07 Å². The van der Waals surface area contributed by atoms with Crippen LogP contribution in [0, 0.1) is 31.1 Å². The molecule has 1 N–H and O–H groups in total. The van der Waals surface area contributed by atoms with Crippen LogP contribution in [0.25, 0.3) is 21.5 Å². The third-order valence-corrected chi connectivity index (χ3v) is 11.9. The minimum Gasteiger partial charge on any atom is -0.384 e. The fourth-order valence-corrected chi connectivity index (χ4v) is 8.99. The summed E-state index contributed by atoms with van der Waals surface area (Å²) < 4.78 is 0.898. The van der Waals surface area contributed by atoms with Gasteiger partial charge in [-0.2, -0.15) is 5.26 Å². The second-order valence-corrected chi connectivity index (χ2v) is 15.3. The van der Waals surface area contributed by atoms with Crippen LogP contribution in [0.1, 0.15) is 62.0 Å². The van der Waals surface area contributed by atoms with Gasteiger partial charge in [0, 0.05) is 21.9 Å². The lowest BCUT2D eigenvalue weighted by molar-refractivity contribution is -0.0737. The fraction of sp³-hybridized carbons (Fsp3) is 0.167. The Bertz CT molecular complexity index is 2480. The summed E-state index contributed by atoms with van der Waals surface area (Å²) in [6.07, 6.45) is 0.157. The van der Waals surface area contributed by atoms with Gasteiger partial charge >= 0.3 is 0 Å². The summed E-state index contributed by atoms with van der Waals surface area (Å²) in [7, 11) is 0. The van der Waals surface area contributed by atoms with Crippen molar-refractivity contribution in [3.05, 3.63) is 201 Å². The Balaban J connectivity index is 1.48. The van der Waals surface area contributed by atoms with E-state index in [9.17, 15) is 10.4 Å². The van der Waals surface area contributed by atoms with Crippen LogP contribution in [0.3, 0.4) is 0 Å². The van der Waals surface area contributed by atoms with Crippen LogP contribution < -0.4 is 0 Å². The van der Waals surface area contributed by atoms with Gasteiger partial charge in [0.05, 0.1) is 17.4 Å². The summed E-state index contributed by atoms with van der Waals surface area (Å²) in [5.74, 6) is -2.44. The minimum atomic E-state index is -1.66. The van der Waals surface area contributed by atoms with Gasteiger partial charge in [-0.25, -0.2) is 0 Å². The standard InChI is InChI=1S/C48H38BrNO2/c1-31-11-15-35(16-12-31)43-29-48(52,41-22-21-34-8-4-6-10-38(34)28-41)45(46(51)39-20-19-33-7-3-5-9-37(33)27-39)44(36-17-13-32(2)14-18-36)47(43,30-50)40-23-25-42(49)26-24-40/h3-28,43-45,52H,29H2,1-2H3/t43-,44-,45+,47-,48-/m0/s1. The third kappa shape index (κ3) is 5.66. The van der Waals surface area contributed by atoms with Crippen molar-refractivity contribution in [1.82, 2.24) is 0 Å². The van der Waals surface area contributed by atoms with Crippen molar-refractivity contribution in [2.24, 2.45) is 5.92 Å². The molecular weight excluding hydrogens is 702 g/mol. The molecule has 0 unspecified atom stereocenters. The van der Waals surface area contributed by atoms with Crippen LogP contribution >= 0.6 is 15.9 Å². The van der Waals surface area contributed by atoms with Gasteiger partial charge in [0.1, 0.15) is 5.60 Å². The largest absolute Gasteiger partial charge is 0.384 e. The molecule has 7 aromatic rings. The molecule has 3 nitrogen and oxygen atoms in total. The first kappa shape index (κ1) is 33.8. The molecule has 0 aliphatic heterocycles. The predicted octanol–water partition coefficient (Wildman–Crippen LogP) is 11.5. The number of hydrogen-bond acceptors (Lipinski definition) is 3. The molecule has 1 saturated carbocycles. The maximum atomic E-state index is 15.6. The molecule has 0 bridgehead atoms. The van der Waals surface area contributed by atoms with E-state index in [0.29, 0.717) is 11.1 Å². The van der Waals surface area contributed by atoms with E-state index in [-0.39, 0.29) is 12.2 Å². The lowest BCUT2D eigenvalue weighted by atomic mass is 9.46. The van der Waals surface area contributed by atoms with Crippen LogP contribution in [-0.2, 0) is 11.0 Å². The normalized spacial score (nSPS) is 22.9. The second kappa shape index (κ2) is 13.3. The van der Waals surface area contributed by atoms with E-state index in [2.05, 4.69) is 59.3 Å². The zero-order chi connectivity index (χ0) is 36.0. The molecule has 52 heavy (non-hydrogen) atoms. The van der Waals surface area contributed by atoms with E-state index in [1.165, 1.54) is 0 Å². The van der Waals surface area contributed by atoms with Gasteiger partial charge in [0.2, 0.25) is 0 Å². The predicted molar refractivity (Wildman–Crippen MR) is 214 cm³/mol. The number of ketones is 1. The molecule has 0 aromatic heterocycles. The SMILES string of the molecule is Cc1ccc([C@@H]2C[C@](O)(c3ccc4ccccc4c3)[C@@H](C(=O)c3ccc4ccccc4c3)[C@H](c3ccc(C)cc3)[C@@]2(C#N)c2ccc(Br)cc2)cc1. The molecule has 0 radical (unpaired) electrons. The molecule has 5 atom stereocenters. The van der Waals surface area contributed by atoms with Gasteiger partial charge < -0.3 is 5.11 Å². The van der Waals surface area contributed by atoms with Crippen molar-refractivity contribution in [3.63, 3.8) is 0 Å². The molecule has 7 aromatic carbocycles. The first-order chi connectivity index (χ1) is 25.2. The molecule has 1 aliphatic carbocycles. The Morgan fingerprint density at radius 3 is 1.77 bits per heavy atom. The quantitative estimate of drug-likeness (QED) is 0.173. The first-order valence-electron chi connectivity index (χ1n) is 17.8. The summed E-state index contributed by atoms with van der Waals surface area (Å²) in [5.41, 5.74) is 3.05. The zero-order valence-electron chi connectivity index (χ0n) is 29.1. The highest BCUT2D eigenvalue weighted by molar-refractivity contribution is 9.10. The Morgan fingerprint density at radius 1 is 0.654 bits per heavy atom. The Morgan fingerprint density at radius 2 is 1.17 bits per heavy atom. The second-order valence-electron chi connectivity index (χ2n) is 14.4. The summed E-state index contributed by atoms with van der Waals surface area (Å²) in [4.78, 5) is 15.6. The van der Waals surface area contributed by atoms with Crippen molar-refractivity contribution in [2.45, 2.75) is 43.1 Å². The fourth-order valence-electron chi connectivity index (χ4n) is 8.73. The minimum absolute atomic E-state index is 0.157. The van der Waals surface area contributed by atoms with Crippen molar-refractivity contribution >= 4 is 43.3 Å². The molecule has 4 heteroatoms. The number of aliphatic hydroxyl groups is 1. The summed E-state index contributed by atoms with van der Waals surface area (Å²) >= 11 is 3.62. The van der Waals surface area contributed by atoms with Crippen molar-refractivity contribution in [2.75, 3.05) is 0 Å². The van der Waals surface area contributed by atoms with E-state index in [1.54, 1.807) is 0 Å². The van der Waals surface area contributed by atoms with Crippen molar-refractivity contribution in [1.29, 1.82) is 5.26 Å². The van der Waals surface area contributed by atoms with E-state index < -0.39 is 28.8 Å². The highest BCUT2D eigenvalue weighted by Gasteiger charge is 2.64. The number of fused-ring (bicyclic) bond motifs is 2. The van der Waals surface area contributed by atoms with Gasteiger partial charge in [-0.1, -0.05) is 161 Å². The molecule has 0 amide bonds. The van der Waals surface area contributed by atoms with Crippen molar-refractivity contribution < 1.29 is 9.90 Å². The number of aryl methyl sites for hydroxylation is 2. The zero-order valence-corrected chi connectivity index (χ0v) is 30.7. The van der Waals surface area contributed by atoms with Crippen LogP contribution in [-0.4, -0.2) is 10.9 Å². The Hall–Kier alpha value is -5.34. The van der Waals surface area contributed by atoms with Crippen LogP contribution in [0.5, 0.6) is 0 Å². The number of halogens is 1.